The highest BCUT2D eigenvalue weighted by Gasteiger charge is 2.40. The number of benzene rings is 4. The molecule has 10 heteroatoms. The fourth-order valence-corrected chi connectivity index (χ4v) is 5.90. The van der Waals surface area contributed by atoms with Crippen molar-refractivity contribution in [3.63, 3.8) is 0 Å². The number of ether oxygens (including phenoxy) is 1. The summed E-state index contributed by atoms with van der Waals surface area (Å²) in [5.41, 5.74) is 3.31. The Morgan fingerprint density at radius 1 is 0.891 bits per heavy atom. The van der Waals surface area contributed by atoms with Gasteiger partial charge in [0, 0.05) is 22.6 Å². The fraction of sp³-hybridized carbons (Fsp3) is 0.139. The highest BCUT2D eigenvalue weighted by atomic mass is 32.2. The first-order valence-electron chi connectivity index (χ1n) is 14.6. The van der Waals surface area contributed by atoms with Gasteiger partial charge < -0.3 is 15.4 Å². The molecular formula is C36H31N3O6S. The topological polar surface area (TPSA) is 122 Å². The van der Waals surface area contributed by atoms with Gasteiger partial charge in [-0.25, -0.2) is 9.69 Å². The standard InChI is InChI=1S/C36H31N3O6S/c1-3-45-36(44)25-16-18-28(19-17-25)39-32(40)22-31(35(39)43)46-29-15-9-14-27(21-29)37-34(42)30(20-26-13-8-7-10-23(26)2)38-33(41)24-11-5-4-6-12-24/h4-21,31H,3,22H2,1-2H3,(H,37,42)(H,38,41)/b30-20-/t31-/m1/s1. The number of anilines is 2. The van der Waals surface area contributed by atoms with Gasteiger partial charge >= 0.3 is 5.97 Å². The zero-order chi connectivity index (χ0) is 32.6. The van der Waals surface area contributed by atoms with Crippen LogP contribution in [0.1, 0.15) is 45.2 Å². The summed E-state index contributed by atoms with van der Waals surface area (Å²) in [6.07, 6.45) is 1.62. The number of carbonyl (C=O) groups is 5. The van der Waals surface area contributed by atoms with Crippen molar-refractivity contribution in [1.82, 2.24) is 5.32 Å². The Hall–Kier alpha value is -5.48. The van der Waals surface area contributed by atoms with Crippen LogP contribution >= 0.6 is 11.8 Å². The summed E-state index contributed by atoms with van der Waals surface area (Å²) in [5, 5.41) is 4.91. The molecule has 0 saturated carbocycles. The molecule has 5 rings (SSSR count). The lowest BCUT2D eigenvalue weighted by atomic mass is 10.1. The molecule has 1 atom stereocenters. The van der Waals surface area contributed by atoms with Crippen LogP contribution in [0.2, 0.25) is 0 Å². The number of hydrogen-bond acceptors (Lipinski definition) is 7. The Bertz CT molecular complexity index is 1820. The van der Waals surface area contributed by atoms with Crippen LogP contribution in [0, 0.1) is 6.92 Å². The maximum absolute atomic E-state index is 13.5. The van der Waals surface area contributed by atoms with Gasteiger partial charge in [-0.2, -0.15) is 0 Å². The molecule has 4 aromatic rings. The summed E-state index contributed by atoms with van der Waals surface area (Å²) in [7, 11) is 0. The number of rotatable bonds is 10. The van der Waals surface area contributed by atoms with Gasteiger partial charge in [-0.05, 0) is 85.6 Å². The number of nitrogens with zero attached hydrogens (tertiary/aromatic N) is 1. The Labute approximate surface area is 270 Å². The predicted octanol–water partition coefficient (Wildman–Crippen LogP) is 6.01. The Morgan fingerprint density at radius 3 is 2.33 bits per heavy atom. The number of thioether (sulfide) groups is 1. The number of esters is 1. The number of hydrogen-bond donors (Lipinski definition) is 2. The second kappa shape index (κ2) is 14.5. The van der Waals surface area contributed by atoms with Gasteiger partial charge in [0.05, 0.1) is 23.1 Å². The van der Waals surface area contributed by atoms with Crippen LogP contribution in [-0.2, 0) is 19.1 Å². The second-order valence-electron chi connectivity index (χ2n) is 10.4. The molecule has 4 aromatic carbocycles. The SMILES string of the molecule is CCOC(=O)c1ccc(N2C(=O)C[C@@H](Sc3cccc(NC(=O)/C(=C/c4ccccc4C)NC(=O)c4ccccc4)c3)C2=O)cc1. The van der Waals surface area contributed by atoms with Gasteiger partial charge in [-0.1, -0.05) is 48.5 Å². The third-order valence-corrected chi connectivity index (χ3v) is 8.31. The van der Waals surface area contributed by atoms with E-state index in [1.807, 2.05) is 31.2 Å². The molecule has 0 spiro atoms. The average Bonchev–Trinajstić information content (AvgIpc) is 3.34. The lowest BCUT2D eigenvalue weighted by Crippen LogP contribution is -2.31. The summed E-state index contributed by atoms with van der Waals surface area (Å²) in [6.45, 7) is 3.86. The minimum atomic E-state index is -0.676. The summed E-state index contributed by atoms with van der Waals surface area (Å²) in [4.78, 5) is 66.4. The minimum Gasteiger partial charge on any atom is -0.462 e. The van der Waals surface area contributed by atoms with Crippen LogP contribution in [0.4, 0.5) is 11.4 Å². The summed E-state index contributed by atoms with van der Waals surface area (Å²) >= 11 is 1.22. The van der Waals surface area contributed by atoms with Crippen LogP contribution in [-0.4, -0.2) is 41.5 Å². The van der Waals surface area contributed by atoms with E-state index in [1.54, 1.807) is 79.7 Å². The Balaban J connectivity index is 1.30. The van der Waals surface area contributed by atoms with E-state index >= 15 is 0 Å². The normalized spacial score (nSPS) is 14.6. The van der Waals surface area contributed by atoms with Crippen molar-refractivity contribution in [2.45, 2.75) is 30.4 Å². The average molecular weight is 634 g/mol. The minimum absolute atomic E-state index is 0.00541. The fourth-order valence-electron chi connectivity index (χ4n) is 4.78. The van der Waals surface area contributed by atoms with Crippen molar-refractivity contribution in [2.75, 3.05) is 16.8 Å². The highest BCUT2D eigenvalue weighted by molar-refractivity contribution is 8.00. The van der Waals surface area contributed by atoms with Crippen LogP contribution in [0.25, 0.3) is 6.08 Å². The van der Waals surface area contributed by atoms with Crippen molar-refractivity contribution in [1.29, 1.82) is 0 Å². The monoisotopic (exact) mass is 633 g/mol. The van der Waals surface area contributed by atoms with Crippen molar-refractivity contribution in [2.24, 2.45) is 0 Å². The number of amides is 4. The largest absolute Gasteiger partial charge is 0.462 e. The third kappa shape index (κ3) is 7.59. The molecule has 1 fully saturated rings. The van der Waals surface area contributed by atoms with Crippen LogP contribution < -0.4 is 15.5 Å². The van der Waals surface area contributed by atoms with E-state index in [9.17, 15) is 24.0 Å². The Kier molecular flexibility index (Phi) is 10.1. The van der Waals surface area contributed by atoms with E-state index in [0.717, 1.165) is 16.0 Å². The van der Waals surface area contributed by atoms with Crippen LogP contribution in [0.5, 0.6) is 0 Å². The maximum Gasteiger partial charge on any atom is 0.338 e. The maximum atomic E-state index is 13.5. The first-order chi connectivity index (χ1) is 22.2. The molecule has 46 heavy (non-hydrogen) atoms. The first-order valence-corrected chi connectivity index (χ1v) is 15.5. The summed E-state index contributed by atoms with van der Waals surface area (Å²) < 4.78 is 4.99. The highest BCUT2D eigenvalue weighted by Crippen LogP contribution is 2.35. The van der Waals surface area contributed by atoms with Crippen molar-refractivity contribution in [3.8, 4) is 0 Å². The molecule has 1 aliphatic heterocycles. The third-order valence-electron chi connectivity index (χ3n) is 7.13. The van der Waals surface area contributed by atoms with E-state index in [4.69, 9.17) is 4.74 Å². The zero-order valence-electron chi connectivity index (χ0n) is 25.2. The van der Waals surface area contributed by atoms with Crippen molar-refractivity contribution < 1.29 is 28.7 Å². The van der Waals surface area contributed by atoms with E-state index in [-0.39, 0.29) is 30.5 Å². The zero-order valence-corrected chi connectivity index (χ0v) is 26.0. The number of imide groups is 1. The molecular weight excluding hydrogens is 602 g/mol. The van der Waals surface area contributed by atoms with Crippen molar-refractivity contribution >= 4 is 58.8 Å². The lowest BCUT2D eigenvalue weighted by molar-refractivity contribution is -0.121. The lowest BCUT2D eigenvalue weighted by Gasteiger charge is -2.16. The molecule has 2 N–H and O–H groups in total. The van der Waals surface area contributed by atoms with Gasteiger partial charge in [-0.3, -0.25) is 19.2 Å². The van der Waals surface area contributed by atoms with E-state index < -0.39 is 23.0 Å². The molecule has 0 radical (unpaired) electrons. The molecule has 0 bridgehead atoms. The molecule has 9 nitrogen and oxygen atoms in total. The van der Waals surface area contributed by atoms with Gasteiger partial charge in [0.1, 0.15) is 5.70 Å². The van der Waals surface area contributed by atoms with Gasteiger partial charge in [0.25, 0.3) is 11.8 Å². The molecule has 232 valence electrons. The first kappa shape index (κ1) is 31.9. The molecule has 0 aromatic heterocycles. The van der Waals surface area contributed by atoms with Gasteiger partial charge in [-0.15, -0.1) is 11.8 Å². The quantitative estimate of drug-likeness (QED) is 0.125. The second-order valence-corrected chi connectivity index (χ2v) is 11.6. The van der Waals surface area contributed by atoms with Crippen LogP contribution in [0.15, 0.2) is 114 Å². The van der Waals surface area contributed by atoms with E-state index in [1.165, 1.54) is 23.9 Å². The molecule has 1 aliphatic rings. The summed E-state index contributed by atoms with van der Waals surface area (Å²) in [5.74, 6) is -2.16. The molecule has 0 unspecified atom stereocenters. The molecule has 4 amide bonds. The molecule has 0 aliphatic carbocycles. The Morgan fingerprint density at radius 2 is 1.61 bits per heavy atom. The molecule has 1 heterocycles. The van der Waals surface area contributed by atoms with E-state index in [0.29, 0.717) is 27.4 Å². The summed E-state index contributed by atoms with van der Waals surface area (Å²) in [6, 6.07) is 29.2. The van der Waals surface area contributed by atoms with Crippen LogP contribution in [0.3, 0.4) is 0 Å². The van der Waals surface area contributed by atoms with E-state index in [2.05, 4.69) is 10.6 Å². The smallest absolute Gasteiger partial charge is 0.338 e. The van der Waals surface area contributed by atoms with Crippen molar-refractivity contribution in [3.05, 3.63) is 131 Å². The predicted molar refractivity (Wildman–Crippen MR) is 177 cm³/mol. The number of carbonyl (C=O) groups excluding carboxylic acids is 5. The molecule has 1 saturated heterocycles. The number of nitrogens with one attached hydrogen (secondary N) is 2. The van der Waals surface area contributed by atoms with Gasteiger partial charge in [0.15, 0.2) is 0 Å². The number of aryl methyl sites for hydroxylation is 1. The van der Waals surface area contributed by atoms with Gasteiger partial charge in [0.2, 0.25) is 11.8 Å².